The average molecular weight is 410 g/mol. The molecule has 7 heteroatoms. The molecule has 1 fully saturated rings. The SMILES string of the molecule is Cc1ccc([C@@H](c2nnnn2C(C)(C)C)[NH+]2CCN(c3ccc(F)cc3)CC2)cc1. The number of benzene rings is 2. The molecule has 1 atom stereocenters. The van der Waals surface area contributed by atoms with Gasteiger partial charge in [-0.05, 0) is 62.4 Å². The summed E-state index contributed by atoms with van der Waals surface area (Å²) in [6.45, 7) is 12.2. The highest BCUT2D eigenvalue weighted by Crippen LogP contribution is 2.23. The van der Waals surface area contributed by atoms with Gasteiger partial charge < -0.3 is 9.80 Å². The minimum atomic E-state index is -0.198. The van der Waals surface area contributed by atoms with E-state index in [1.807, 2.05) is 16.8 Å². The maximum Gasteiger partial charge on any atom is 0.214 e. The van der Waals surface area contributed by atoms with Crippen molar-refractivity contribution in [3.8, 4) is 0 Å². The minimum absolute atomic E-state index is 0.0650. The van der Waals surface area contributed by atoms with Crippen molar-refractivity contribution in [3.05, 3.63) is 71.3 Å². The van der Waals surface area contributed by atoms with Crippen LogP contribution in [0, 0.1) is 12.7 Å². The summed E-state index contributed by atoms with van der Waals surface area (Å²) in [4.78, 5) is 3.76. The van der Waals surface area contributed by atoms with Crippen molar-refractivity contribution in [3.63, 3.8) is 0 Å². The van der Waals surface area contributed by atoms with E-state index in [1.165, 1.54) is 28.2 Å². The van der Waals surface area contributed by atoms with E-state index in [2.05, 4.69) is 72.4 Å². The second kappa shape index (κ2) is 8.14. The van der Waals surface area contributed by atoms with Gasteiger partial charge in [0.1, 0.15) is 5.82 Å². The van der Waals surface area contributed by atoms with E-state index in [0.717, 1.165) is 37.7 Å². The third-order valence-electron chi connectivity index (χ3n) is 5.80. The number of aromatic nitrogens is 4. The maximum atomic E-state index is 13.3. The number of hydrogen-bond acceptors (Lipinski definition) is 4. The summed E-state index contributed by atoms with van der Waals surface area (Å²) in [6.07, 6.45) is 0. The van der Waals surface area contributed by atoms with Crippen LogP contribution < -0.4 is 9.80 Å². The van der Waals surface area contributed by atoms with E-state index in [-0.39, 0.29) is 17.4 Å². The molecule has 1 N–H and O–H groups in total. The lowest BCUT2D eigenvalue weighted by Crippen LogP contribution is -3.15. The quantitative estimate of drug-likeness (QED) is 0.719. The maximum absolute atomic E-state index is 13.3. The molecule has 0 spiro atoms. The molecule has 1 saturated heterocycles. The zero-order chi connectivity index (χ0) is 21.3. The second-order valence-electron chi connectivity index (χ2n) is 9.09. The van der Waals surface area contributed by atoms with Crippen LogP contribution in [-0.2, 0) is 5.54 Å². The molecule has 0 aliphatic carbocycles. The summed E-state index contributed by atoms with van der Waals surface area (Å²) in [7, 11) is 0. The van der Waals surface area contributed by atoms with Gasteiger partial charge in [-0.15, -0.1) is 5.10 Å². The molecule has 1 aromatic heterocycles. The highest BCUT2D eigenvalue weighted by molar-refractivity contribution is 5.46. The van der Waals surface area contributed by atoms with Gasteiger partial charge >= 0.3 is 0 Å². The van der Waals surface area contributed by atoms with Gasteiger partial charge in [0.15, 0.2) is 6.04 Å². The Bertz CT molecular complexity index is 966. The Hall–Kier alpha value is -2.80. The Morgan fingerprint density at radius 2 is 1.60 bits per heavy atom. The molecule has 0 bridgehead atoms. The van der Waals surface area contributed by atoms with Crippen LogP contribution in [0.4, 0.5) is 10.1 Å². The Balaban J connectivity index is 1.62. The molecular formula is C23H30FN6+. The normalized spacial score (nSPS) is 16.6. The number of piperazine rings is 1. The van der Waals surface area contributed by atoms with Crippen LogP contribution in [0.25, 0.3) is 0 Å². The van der Waals surface area contributed by atoms with Crippen LogP contribution >= 0.6 is 0 Å². The van der Waals surface area contributed by atoms with Crippen molar-refractivity contribution in [2.75, 3.05) is 31.1 Å². The molecule has 0 saturated carbocycles. The van der Waals surface area contributed by atoms with Crippen molar-refractivity contribution in [2.24, 2.45) is 0 Å². The lowest BCUT2D eigenvalue weighted by atomic mass is 10.0. The van der Waals surface area contributed by atoms with Crippen LogP contribution in [0.15, 0.2) is 48.5 Å². The first-order valence-electron chi connectivity index (χ1n) is 10.5. The smallest absolute Gasteiger partial charge is 0.214 e. The third kappa shape index (κ3) is 4.21. The second-order valence-corrected chi connectivity index (χ2v) is 9.09. The van der Waals surface area contributed by atoms with Gasteiger partial charge in [-0.25, -0.2) is 9.07 Å². The Morgan fingerprint density at radius 1 is 0.967 bits per heavy atom. The number of rotatable bonds is 4. The fourth-order valence-corrected chi connectivity index (χ4v) is 4.17. The monoisotopic (exact) mass is 409 g/mol. The number of quaternary nitrogens is 1. The van der Waals surface area contributed by atoms with Crippen molar-refractivity contribution >= 4 is 5.69 Å². The molecule has 0 radical (unpaired) electrons. The molecule has 2 aromatic carbocycles. The summed E-state index contributed by atoms with van der Waals surface area (Å²) >= 11 is 0. The number of nitrogens with one attached hydrogen (secondary N) is 1. The summed E-state index contributed by atoms with van der Waals surface area (Å²) in [6, 6.07) is 15.5. The van der Waals surface area contributed by atoms with E-state index in [1.54, 1.807) is 0 Å². The summed E-state index contributed by atoms with van der Waals surface area (Å²) in [5.74, 6) is 0.702. The zero-order valence-electron chi connectivity index (χ0n) is 18.1. The van der Waals surface area contributed by atoms with E-state index >= 15 is 0 Å². The molecule has 3 aromatic rings. The first-order chi connectivity index (χ1) is 14.3. The fraction of sp³-hybridized carbons (Fsp3) is 0.435. The topological polar surface area (TPSA) is 51.3 Å². The van der Waals surface area contributed by atoms with Gasteiger partial charge in [0.05, 0.1) is 31.7 Å². The van der Waals surface area contributed by atoms with E-state index in [9.17, 15) is 4.39 Å². The first kappa shape index (κ1) is 20.5. The van der Waals surface area contributed by atoms with Crippen LogP contribution in [0.5, 0.6) is 0 Å². The van der Waals surface area contributed by atoms with Crippen molar-refractivity contribution in [1.29, 1.82) is 0 Å². The van der Waals surface area contributed by atoms with Gasteiger partial charge in [-0.3, -0.25) is 0 Å². The highest BCUT2D eigenvalue weighted by atomic mass is 19.1. The molecule has 158 valence electrons. The Kier molecular flexibility index (Phi) is 5.56. The van der Waals surface area contributed by atoms with Gasteiger partial charge in [0, 0.05) is 11.3 Å². The fourth-order valence-electron chi connectivity index (χ4n) is 4.17. The molecule has 1 aliphatic rings. The van der Waals surface area contributed by atoms with Gasteiger partial charge in [-0.2, -0.15) is 0 Å². The number of tetrazole rings is 1. The number of nitrogens with zero attached hydrogens (tertiary/aromatic N) is 5. The lowest BCUT2D eigenvalue weighted by Gasteiger charge is -2.37. The number of anilines is 1. The standard InChI is InChI=1S/C23H29FN6/c1-17-5-7-18(8-6-17)21(22-25-26-27-30(22)23(2,3)4)29-15-13-28(14-16-29)20-11-9-19(24)10-12-20/h5-12,21H,13-16H2,1-4H3/p+1/t21-/m0/s1. The largest absolute Gasteiger partial charge is 0.360 e. The zero-order valence-corrected chi connectivity index (χ0v) is 18.1. The molecule has 6 nitrogen and oxygen atoms in total. The molecule has 1 aliphatic heterocycles. The van der Waals surface area contributed by atoms with Crippen LogP contribution in [0.1, 0.15) is 43.8 Å². The average Bonchev–Trinajstić information content (AvgIpc) is 3.21. The number of hydrogen-bond donors (Lipinski definition) is 1. The molecule has 2 heterocycles. The van der Waals surface area contributed by atoms with Gasteiger partial charge in [0.25, 0.3) is 0 Å². The molecule has 0 unspecified atom stereocenters. The molecular weight excluding hydrogens is 379 g/mol. The van der Waals surface area contributed by atoms with E-state index < -0.39 is 0 Å². The molecule has 30 heavy (non-hydrogen) atoms. The first-order valence-corrected chi connectivity index (χ1v) is 10.5. The third-order valence-corrected chi connectivity index (χ3v) is 5.80. The van der Waals surface area contributed by atoms with Crippen molar-refractivity contribution < 1.29 is 9.29 Å². The molecule has 4 rings (SSSR count). The number of halogens is 1. The summed E-state index contributed by atoms with van der Waals surface area (Å²) in [5.41, 5.74) is 3.34. The summed E-state index contributed by atoms with van der Waals surface area (Å²) in [5, 5.41) is 12.8. The predicted molar refractivity (Wildman–Crippen MR) is 115 cm³/mol. The van der Waals surface area contributed by atoms with Crippen molar-refractivity contribution in [1.82, 2.24) is 20.2 Å². The molecule has 0 amide bonds. The highest BCUT2D eigenvalue weighted by Gasteiger charge is 2.36. The Labute approximate surface area is 177 Å². The minimum Gasteiger partial charge on any atom is -0.360 e. The van der Waals surface area contributed by atoms with Gasteiger partial charge in [0.2, 0.25) is 5.82 Å². The Morgan fingerprint density at radius 3 is 2.20 bits per heavy atom. The van der Waals surface area contributed by atoms with Crippen LogP contribution in [0.3, 0.4) is 0 Å². The van der Waals surface area contributed by atoms with Crippen molar-refractivity contribution in [2.45, 2.75) is 39.3 Å². The lowest BCUT2D eigenvalue weighted by molar-refractivity contribution is -0.927. The van der Waals surface area contributed by atoms with E-state index in [4.69, 9.17) is 0 Å². The van der Waals surface area contributed by atoms with Crippen LogP contribution in [-0.4, -0.2) is 46.4 Å². The van der Waals surface area contributed by atoms with Crippen LogP contribution in [0.2, 0.25) is 0 Å². The summed E-state index contributed by atoms with van der Waals surface area (Å²) < 4.78 is 15.2. The van der Waals surface area contributed by atoms with Gasteiger partial charge in [-0.1, -0.05) is 29.8 Å². The van der Waals surface area contributed by atoms with E-state index in [0.29, 0.717) is 0 Å². The predicted octanol–water partition coefficient (Wildman–Crippen LogP) is 2.37. The number of aryl methyl sites for hydroxylation is 1.